The van der Waals surface area contributed by atoms with Gasteiger partial charge in [0.25, 0.3) is 5.91 Å². The maximum atomic E-state index is 12.1. The number of carbonyl (C=O) groups excluding carboxylic acids is 1. The number of pyridine rings is 1. The molecule has 22 heavy (non-hydrogen) atoms. The van der Waals surface area contributed by atoms with E-state index in [2.05, 4.69) is 20.5 Å². The molecule has 1 saturated carbocycles. The van der Waals surface area contributed by atoms with E-state index in [4.69, 9.17) is 35.4 Å². The topological polar surface area (TPSA) is 75.6 Å². The Labute approximate surface area is 141 Å². The number of aromatic nitrogens is 4. The second-order valence-corrected chi connectivity index (χ2v) is 6.20. The SMILES string of the molecule is O=C(NCCc1n[nH]c(=S)n1C1CC1)c1nc(Cl)ccc1Cl. The fraction of sp³-hybridized carbons (Fsp3) is 0.385. The first kappa shape index (κ1) is 15.5. The van der Waals surface area contributed by atoms with E-state index in [1.807, 2.05) is 4.57 Å². The summed E-state index contributed by atoms with van der Waals surface area (Å²) in [6.45, 7) is 0.412. The summed E-state index contributed by atoms with van der Waals surface area (Å²) in [5.41, 5.74) is 0.121. The maximum absolute atomic E-state index is 12.1. The third kappa shape index (κ3) is 3.31. The number of carbonyl (C=O) groups is 1. The van der Waals surface area contributed by atoms with Gasteiger partial charge in [0.2, 0.25) is 0 Å². The highest BCUT2D eigenvalue weighted by Crippen LogP contribution is 2.35. The summed E-state index contributed by atoms with van der Waals surface area (Å²) in [5.74, 6) is 0.484. The first-order chi connectivity index (χ1) is 10.6. The highest BCUT2D eigenvalue weighted by molar-refractivity contribution is 7.71. The molecule has 116 valence electrons. The number of nitrogens with zero attached hydrogens (tertiary/aromatic N) is 3. The third-order valence-electron chi connectivity index (χ3n) is 3.35. The van der Waals surface area contributed by atoms with Crippen molar-refractivity contribution < 1.29 is 4.79 Å². The minimum atomic E-state index is -0.361. The van der Waals surface area contributed by atoms with Gasteiger partial charge in [0.05, 0.1) is 5.02 Å². The molecule has 2 aromatic heterocycles. The second-order valence-electron chi connectivity index (χ2n) is 5.02. The van der Waals surface area contributed by atoms with Crippen LogP contribution in [0.2, 0.25) is 10.2 Å². The first-order valence-electron chi connectivity index (χ1n) is 6.82. The van der Waals surface area contributed by atoms with Crippen LogP contribution in [-0.2, 0) is 6.42 Å². The summed E-state index contributed by atoms with van der Waals surface area (Å²) >= 11 is 16.9. The van der Waals surface area contributed by atoms with Crippen molar-refractivity contribution in [2.24, 2.45) is 0 Å². The van der Waals surface area contributed by atoms with Gasteiger partial charge in [-0.1, -0.05) is 23.2 Å². The Morgan fingerprint density at radius 3 is 2.95 bits per heavy atom. The number of hydrogen-bond donors (Lipinski definition) is 2. The zero-order chi connectivity index (χ0) is 15.7. The molecule has 0 radical (unpaired) electrons. The van der Waals surface area contributed by atoms with Gasteiger partial charge in [0.15, 0.2) is 4.77 Å². The molecule has 6 nitrogen and oxygen atoms in total. The predicted molar refractivity (Wildman–Crippen MR) is 86.0 cm³/mol. The van der Waals surface area contributed by atoms with Gasteiger partial charge in [0.1, 0.15) is 16.7 Å². The Hall–Kier alpha value is -1.44. The lowest BCUT2D eigenvalue weighted by molar-refractivity contribution is 0.0949. The quantitative estimate of drug-likeness (QED) is 0.637. The molecule has 0 spiro atoms. The van der Waals surface area contributed by atoms with Crippen LogP contribution in [0.4, 0.5) is 0 Å². The van der Waals surface area contributed by atoms with E-state index in [1.165, 1.54) is 6.07 Å². The molecule has 0 bridgehead atoms. The lowest BCUT2D eigenvalue weighted by atomic mass is 10.3. The van der Waals surface area contributed by atoms with Crippen LogP contribution in [0.5, 0.6) is 0 Å². The number of aromatic amines is 1. The molecule has 3 rings (SSSR count). The smallest absolute Gasteiger partial charge is 0.271 e. The number of nitrogens with one attached hydrogen (secondary N) is 2. The van der Waals surface area contributed by atoms with Gasteiger partial charge in [-0.3, -0.25) is 9.89 Å². The van der Waals surface area contributed by atoms with Crippen molar-refractivity contribution in [3.05, 3.63) is 38.6 Å². The van der Waals surface area contributed by atoms with Gasteiger partial charge >= 0.3 is 0 Å². The van der Waals surface area contributed by atoms with Crippen LogP contribution in [0, 0.1) is 4.77 Å². The van der Waals surface area contributed by atoms with Gasteiger partial charge in [-0.05, 0) is 37.2 Å². The molecule has 0 atom stereocenters. The van der Waals surface area contributed by atoms with Crippen LogP contribution in [0.1, 0.15) is 35.2 Å². The minimum absolute atomic E-state index is 0.121. The van der Waals surface area contributed by atoms with Crippen molar-refractivity contribution >= 4 is 41.3 Å². The van der Waals surface area contributed by atoms with Crippen molar-refractivity contribution in [1.82, 2.24) is 25.1 Å². The Morgan fingerprint density at radius 1 is 1.45 bits per heavy atom. The van der Waals surface area contributed by atoms with Gasteiger partial charge in [-0.2, -0.15) is 5.10 Å². The predicted octanol–water partition coefficient (Wildman–Crippen LogP) is 2.95. The lowest BCUT2D eigenvalue weighted by Gasteiger charge is -2.07. The van der Waals surface area contributed by atoms with E-state index >= 15 is 0 Å². The van der Waals surface area contributed by atoms with E-state index in [9.17, 15) is 4.79 Å². The number of rotatable bonds is 5. The molecular weight excluding hydrogens is 345 g/mol. The van der Waals surface area contributed by atoms with Crippen LogP contribution in [-0.4, -0.2) is 32.2 Å². The van der Waals surface area contributed by atoms with E-state index in [-0.39, 0.29) is 21.8 Å². The third-order valence-corrected chi connectivity index (χ3v) is 4.15. The zero-order valence-corrected chi connectivity index (χ0v) is 13.8. The fourth-order valence-electron chi connectivity index (χ4n) is 2.17. The Balaban J connectivity index is 1.62. The minimum Gasteiger partial charge on any atom is -0.350 e. The van der Waals surface area contributed by atoms with Gasteiger partial charge in [-0.15, -0.1) is 0 Å². The van der Waals surface area contributed by atoms with Crippen LogP contribution in [0.3, 0.4) is 0 Å². The molecule has 2 heterocycles. The van der Waals surface area contributed by atoms with Gasteiger partial charge in [-0.25, -0.2) is 4.98 Å². The van der Waals surface area contributed by atoms with Crippen molar-refractivity contribution in [3.8, 4) is 0 Å². The summed E-state index contributed by atoms with van der Waals surface area (Å²) in [5, 5.41) is 10.3. The zero-order valence-electron chi connectivity index (χ0n) is 11.5. The van der Waals surface area contributed by atoms with Crippen molar-refractivity contribution in [2.75, 3.05) is 6.54 Å². The van der Waals surface area contributed by atoms with Crippen LogP contribution in [0.25, 0.3) is 0 Å². The number of hydrogen-bond acceptors (Lipinski definition) is 4. The molecule has 1 aliphatic rings. The maximum Gasteiger partial charge on any atom is 0.271 e. The normalized spacial score (nSPS) is 14.1. The highest BCUT2D eigenvalue weighted by Gasteiger charge is 2.27. The number of halogens is 2. The Morgan fingerprint density at radius 2 is 2.23 bits per heavy atom. The summed E-state index contributed by atoms with van der Waals surface area (Å²) in [6, 6.07) is 3.53. The molecule has 1 aliphatic carbocycles. The molecule has 0 unspecified atom stereocenters. The van der Waals surface area contributed by atoms with Crippen molar-refractivity contribution in [1.29, 1.82) is 0 Å². The molecule has 2 aromatic rings. The number of H-pyrrole nitrogens is 1. The molecule has 2 N–H and O–H groups in total. The largest absolute Gasteiger partial charge is 0.350 e. The fourth-order valence-corrected chi connectivity index (χ4v) is 2.81. The molecule has 0 saturated heterocycles. The first-order valence-corrected chi connectivity index (χ1v) is 7.98. The average molecular weight is 358 g/mol. The van der Waals surface area contributed by atoms with Crippen molar-refractivity contribution in [3.63, 3.8) is 0 Å². The molecular formula is C13H13Cl2N5OS. The van der Waals surface area contributed by atoms with Gasteiger partial charge < -0.3 is 9.88 Å². The van der Waals surface area contributed by atoms with Crippen LogP contribution >= 0.6 is 35.4 Å². The molecule has 0 aliphatic heterocycles. The molecule has 1 amide bonds. The van der Waals surface area contributed by atoms with E-state index < -0.39 is 0 Å². The Kier molecular flexibility index (Phi) is 4.46. The summed E-state index contributed by atoms with van der Waals surface area (Å²) in [7, 11) is 0. The molecule has 9 heteroatoms. The standard InChI is InChI=1S/C13H13Cl2N5OS/c14-8-3-4-9(15)17-11(8)12(21)16-6-5-10-18-19-13(22)20(10)7-1-2-7/h3-4,7H,1-2,5-6H2,(H,16,21)(H,19,22). The van der Waals surface area contributed by atoms with E-state index in [0.29, 0.717) is 23.8 Å². The van der Waals surface area contributed by atoms with Crippen LogP contribution < -0.4 is 5.32 Å². The van der Waals surface area contributed by atoms with E-state index in [1.54, 1.807) is 6.07 Å². The second kappa shape index (κ2) is 6.36. The monoisotopic (exact) mass is 357 g/mol. The summed E-state index contributed by atoms with van der Waals surface area (Å²) in [4.78, 5) is 16.0. The Bertz CT molecular complexity index is 768. The lowest BCUT2D eigenvalue weighted by Crippen LogP contribution is -2.27. The molecule has 0 aromatic carbocycles. The van der Waals surface area contributed by atoms with Crippen LogP contribution in [0.15, 0.2) is 12.1 Å². The molecule has 1 fully saturated rings. The summed E-state index contributed by atoms with van der Waals surface area (Å²) in [6.07, 6.45) is 2.82. The highest BCUT2D eigenvalue weighted by atomic mass is 35.5. The number of amides is 1. The van der Waals surface area contributed by atoms with Crippen molar-refractivity contribution in [2.45, 2.75) is 25.3 Å². The summed E-state index contributed by atoms with van der Waals surface area (Å²) < 4.78 is 2.65. The van der Waals surface area contributed by atoms with E-state index in [0.717, 1.165) is 18.7 Å². The average Bonchev–Trinajstić information content (AvgIpc) is 3.25. The van der Waals surface area contributed by atoms with Gasteiger partial charge in [0, 0.05) is 19.0 Å².